The number of benzene rings is 2. The molecule has 0 aliphatic carbocycles. The van der Waals surface area contributed by atoms with Crippen molar-refractivity contribution in [3.8, 4) is 0 Å². The summed E-state index contributed by atoms with van der Waals surface area (Å²) in [6.07, 6.45) is 5.70. The van der Waals surface area contributed by atoms with Crippen LogP contribution >= 0.6 is 0 Å². The minimum absolute atomic E-state index is 0.0914. The number of aromatic nitrogens is 1. The summed E-state index contributed by atoms with van der Waals surface area (Å²) in [5, 5.41) is 16.4. The smallest absolute Gasteiger partial charge is 0.276 e. The van der Waals surface area contributed by atoms with Crippen LogP contribution in [0.4, 0.5) is 17.1 Å². The molecule has 2 aromatic carbocycles. The van der Waals surface area contributed by atoms with Crippen LogP contribution in [0.3, 0.4) is 0 Å². The molecule has 0 atom stereocenters. The Kier molecular flexibility index (Phi) is 6.06. The molecule has 0 saturated carbocycles. The molecule has 2 N–H and O–H groups in total. The van der Waals surface area contributed by atoms with Crippen LogP contribution in [0, 0.1) is 10.1 Å². The van der Waals surface area contributed by atoms with Gasteiger partial charge in [-0.05, 0) is 42.5 Å². The Balaban J connectivity index is 1.68. The average molecular weight is 388 g/mol. The lowest BCUT2D eigenvalue weighted by Gasteiger charge is -2.07. The van der Waals surface area contributed by atoms with Gasteiger partial charge in [-0.25, -0.2) is 0 Å². The maximum atomic E-state index is 12.3. The van der Waals surface area contributed by atoms with Crippen LogP contribution in [0.5, 0.6) is 0 Å². The van der Waals surface area contributed by atoms with Gasteiger partial charge in [0, 0.05) is 41.5 Å². The monoisotopic (exact) mass is 388 g/mol. The molecular weight excluding hydrogens is 372 g/mol. The van der Waals surface area contributed by atoms with E-state index < -0.39 is 10.8 Å². The van der Waals surface area contributed by atoms with Crippen molar-refractivity contribution in [1.82, 2.24) is 4.98 Å². The first-order valence-corrected chi connectivity index (χ1v) is 8.57. The Labute approximate surface area is 166 Å². The van der Waals surface area contributed by atoms with Gasteiger partial charge in [-0.3, -0.25) is 24.7 Å². The molecule has 144 valence electrons. The van der Waals surface area contributed by atoms with Crippen molar-refractivity contribution >= 4 is 35.0 Å². The van der Waals surface area contributed by atoms with Gasteiger partial charge in [-0.1, -0.05) is 18.2 Å². The summed E-state index contributed by atoms with van der Waals surface area (Å²) in [6, 6.07) is 15.9. The Hall–Kier alpha value is -4.33. The fraction of sp³-hybridized carbons (Fsp3) is 0. The fourth-order valence-electron chi connectivity index (χ4n) is 2.52. The second-order valence-corrected chi connectivity index (χ2v) is 5.91. The maximum absolute atomic E-state index is 12.3. The Morgan fingerprint density at radius 3 is 2.45 bits per heavy atom. The first kappa shape index (κ1) is 19.4. The van der Waals surface area contributed by atoms with Gasteiger partial charge in [0.1, 0.15) is 0 Å². The Bertz CT molecular complexity index is 1080. The summed E-state index contributed by atoms with van der Waals surface area (Å²) in [4.78, 5) is 38.9. The maximum Gasteiger partial charge on any atom is 0.276 e. The highest BCUT2D eigenvalue weighted by molar-refractivity contribution is 6.06. The van der Waals surface area contributed by atoms with Gasteiger partial charge >= 0.3 is 0 Å². The second-order valence-electron chi connectivity index (χ2n) is 5.91. The standard InChI is InChI=1S/C21H16N4O4/c26-20(9-8-15-4-1-2-7-19(15)25(28)29)23-18-6-3-5-16(14-18)21(27)24-17-10-12-22-13-11-17/h1-14H,(H,23,26)(H,22,24,27)/b9-8+. The quantitative estimate of drug-likeness (QED) is 0.378. The van der Waals surface area contributed by atoms with E-state index in [-0.39, 0.29) is 11.6 Å². The van der Waals surface area contributed by atoms with Crippen LogP contribution in [-0.2, 0) is 4.79 Å². The van der Waals surface area contributed by atoms with Crippen LogP contribution in [0.25, 0.3) is 6.08 Å². The van der Waals surface area contributed by atoms with Crippen LogP contribution in [-0.4, -0.2) is 21.7 Å². The van der Waals surface area contributed by atoms with Crippen molar-refractivity contribution in [3.05, 3.63) is 100 Å². The number of carbonyl (C=O) groups is 2. The summed E-state index contributed by atoms with van der Waals surface area (Å²) < 4.78 is 0. The molecule has 29 heavy (non-hydrogen) atoms. The molecule has 8 nitrogen and oxygen atoms in total. The van der Waals surface area contributed by atoms with E-state index in [9.17, 15) is 19.7 Å². The largest absolute Gasteiger partial charge is 0.322 e. The molecule has 0 bridgehead atoms. The zero-order chi connectivity index (χ0) is 20.6. The van der Waals surface area contributed by atoms with Crippen molar-refractivity contribution in [2.75, 3.05) is 10.6 Å². The Morgan fingerprint density at radius 2 is 1.69 bits per heavy atom. The molecule has 2 amide bonds. The van der Waals surface area contributed by atoms with Gasteiger partial charge in [-0.15, -0.1) is 0 Å². The molecule has 0 radical (unpaired) electrons. The van der Waals surface area contributed by atoms with Crippen molar-refractivity contribution < 1.29 is 14.5 Å². The highest BCUT2D eigenvalue weighted by Gasteiger charge is 2.10. The van der Waals surface area contributed by atoms with Gasteiger partial charge in [-0.2, -0.15) is 0 Å². The number of amides is 2. The highest BCUT2D eigenvalue weighted by atomic mass is 16.6. The molecule has 0 fully saturated rings. The van der Waals surface area contributed by atoms with Gasteiger partial charge in [0.15, 0.2) is 0 Å². The summed E-state index contributed by atoms with van der Waals surface area (Å²) in [5.74, 6) is -0.808. The molecule has 0 spiro atoms. The first-order chi connectivity index (χ1) is 14.0. The van der Waals surface area contributed by atoms with Crippen LogP contribution in [0.2, 0.25) is 0 Å². The molecule has 0 unspecified atom stereocenters. The summed E-state index contributed by atoms with van der Waals surface area (Å²) in [5.41, 5.74) is 1.61. The predicted octanol–water partition coefficient (Wildman–Crippen LogP) is 3.89. The van der Waals surface area contributed by atoms with E-state index in [0.29, 0.717) is 22.5 Å². The van der Waals surface area contributed by atoms with Crippen LogP contribution < -0.4 is 10.6 Å². The number of nitrogens with one attached hydrogen (secondary N) is 2. The third-order valence-corrected chi connectivity index (χ3v) is 3.88. The number of carbonyl (C=O) groups excluding carboxylic acids is 2. The number of anilines is 2. The second kappa shape index (κ2) is 9.05. The molecule has 1 heterocycles. The van der Waals surface area contributed by atoms with E-state index in [4.69, 9.17) is 0 Å². The minimum atomic E-state index is -0.511. The molecule has 0 saturated heterocycles. The number of rotatable bonds is 6. The van der Waals surface area contributed by atoms with E-state index in [1.807, 2.05) is 0 Å². The molecule has 1 aromatic heterocycles. The minimum Gasteiger partial charge on any atom is -0.322 e. The van der Waals surface area contributed by atoms with Gasteiger partial charge in [0.05, 0.1) is 10.5 Å². The van der Waals surface area contributed by atoms with Crippen molar-refractivity contribution in [3.63, 3.8) is 0 Å². The van der Waals surface area contributed by atoms with Gasteiger partial charge in [0.25, 0.3) is 11.6 Å². The molecule has 3 aromatic rings. The molecule has 0 aliphatic heterocycles. The Morgan fingerprint density at radius 1 is 0.931 bits per heavy atom. The molecule has 8 heteroatoms. The van der Waals surface area contributed by atoms with Crippen LogP contribution in [0.1, 0.15) is 15.9 Å². The summed E-state index contributed by atoms with van der Waals surface area (Å²) >= 11 is 0. The lowest BCUT2D eigenvalue weighted by Crippen LogP contribution is -2.13. The lowest BCUT2D eigenvalue weighted by atomic mass is 10.1. The van der Waals surface area contributed by atoms with E-state index in [1.165, 1.54) is 24.3 Å². The zero-order valence-corrected chi connectivity index (χ0v) is 15.1. The van der Waals surface area contributed by atoms with Crippen LogP contribution in [0.15, 0.2) is 79.1 Å². The fourth-order valence-corrected chi connectivity index (χ4v) is 2.52. The van der Waals surface area contributed by atoms with Gasteiger partial charge < -0.3 is 10.6 Å². The summed E-state index contributed by atoms with van der Waals surface area (Å²) in [7, 11) is 0. The van der Waals surface area contributed by atoms with E-state index in [0.717, 1.165) is 0 Å². The van der Waals surface area contributed by atoms with E-state index >= 15 is 0 Å². The number of nitro groups is 1. The zero-order valence-electron chi connectivity index (χ0n) is 15.1. The average Bonchev–Trinajstić information content (AvgIpc) is 2.73. The van der Waals surface area contributed by atoms with E-state index in [2.05, 4.69) is 15.6 Å². The number of hydrogen-bond donors (Lipinski definition) is 2. The van der Waals surface area contributed by atoms with Crippen molar-refractivity contribution in [2.45, 2.75) is 0 Å². The predicted molar refractivity (Wildman–Crippen MR) is 109 cm³/mol. The third-order valence-electron chi connectivity index (χ3n) is 3.88. The third kappa shape index (κ3) is 5.33. The normalized spacial score (nSPS) is 10.5. The molecular formula is C21H16N4O4. The van der Waals surface area contributed by atoms with E-state index in [1.54, 1.807) is 60.9 Å². The molecule has 0 aliphatic rings. The van der Waals surface area contributed by atoms with Crippen molar-refractivity contribution in [2.24, 2.45) is 0 Å². The summed E-state index contributed by atoms with van der Waals surface area (Å²) in [6.45, 7) is 0. The lowest BCUT2D eigenvalue weighted by molar-refractivity contribution is -0.385. The van der Waals surface area contributed by atoms with Gasteiger partial charge in [0.2, 0.25) is 5.91 Å². The number of pyridine rings is 1. The number of nitrogens with zero attached hydrogens (tertiary/aromatic N) is 2. The number of para-hydroxylation sites is 1. The van der Waals surface area contributed by atoms with Crippen molar-refractivity contribution in [1.29, 1.82) is 0 Å². The number of hydrogen-bond acceptors (Lipinski definition) is 5. The molecule has 3 rings (SSSR count). The highest BCUT2D eigenvalue weighted by Crippen LogP contribution is 2.19. The SMILES string of the molecule is O=C(/C=C/c1ccccc1[N+](=O)[O-])Nc1cccc(C(=O)Nc2ccncc2)c1. The topological polar surface area (TPSA) is 114 Å². The number of nitro benzene ring substituents is 1. The first-order valence-electron chi connectivity index (χ1n) is 8.57.